The SMILES string of the molecule is CCOC(=O)c1c(C)[nH]c(C)c1C(=O)CSc1nc2ccccc2c(=O)n1-c1ccc(Cl)c(Cl)c1. The number of benzene rings is 2. The number of aromatic nitrogens is 3. The summed E-state index contributed by atoms with van der Waals surface area (Å²) in [5.74, 6) is -0.904. The highest BCUT2D eigenvalue weighted by molar-refractivity contribution is 7.99. The number of Topliss-reactive ketones (excluding diaryl/α,β-unsaturated/α-hetero) is 1. The standard InChI is InChI=1S/C25H21Cl2N3O4S/c1-4-34-24(33)22-14(3)28-13(2)21(22)20(31)12-35-25-29-19-8-6-5-7-16(19)23(32)30(25)15-9-10-17(26)18(27)11-15/h5-11,28H,4,12H2,1-3H3. The first-order valence-electron chi connectivity index (χ1n) is 10.7. The number of ketones is 1. The third kappa shape index (κ3) is 4.87. The number of hydrogen-bond acceptors (Lipinski definition) is 6. The van der Waals surface area contributed by atoms with Gasteiger partial charge in [-0.2, -0.15) is 0 Å². The molecule has 0 radical (unpaired) electrons. The molecule has 0 bridgehead atoms. The molecule has 0 saturated carbocycles. The van der Waals surface area contributed by atoms with Crippen molar-refractivity contribution in [3.8, 4) is 5.69 Å². The largest absolute Gasteiger partial charge is 0.462 e. The fraction of sp³-hybridized carbons (Fsp3) is 0.200. The molecule has 4 aromatic rings. The van der Waals surface area contributed by atoms with E-state index in [1.165, 1.54) is 4.57 Å². The summed E-state index contributed by atoms with van der Waals surface area (Å²) in [5, 5.41) is 1.37. The maximum absolute atomic E-state index is 13.4. The van der Waals surface area contributed by atoms with Crippen molar-refractivity contribution in [1.82, 2.24) is 14.5 Å². The molecule has 2 aromatic heterocycles. The number of aryl methyl sites for hydroxylation is 2. The number of ether oxygens (including phenoxy) is 1. The molecule has 0 saturated heterocycles. The van der Waals surface area contributed by atoms with Gasteiger partial charge in [0.1, 0.15) is 0 Å². The van der Waals surface area contributed by atoms with Gasteiger partial charge < -0.3 is 9.72 Å². The van der Waals surface area contributed by atoms with Crippen LogP contribution >= 0.6 is 35.0 Å². The van der Waals surface area contributed by atoms with Crippen LogP contribution in [0.5, 0.6) is 0 Å². The second-order valence-corrected chi connectivity index (χ2v) is 9.46. The average molecular weight is 530 g/mol. The summed E-state index contributed by atoms with van der Waals surface area (Å²) in [6.07, 6.45) is 0. The van der Waals surface area contributed by atoms with Gasteiger partial charge in [-0.25, -0.2) is 9.78 Å². The minimum atomic E-state index is -0.556. The van der Waals surface area contributed by atoms with Crippen molar-refractivity contribution in [3.05, 3.63) is 85.4 Å². The molecular weight excluding hydrogens is 509 g/mol. The lowest BCUT2D eigenvalue weighted by atomic mass is 10.1. The fourth-order valence-electron chi connectivity index (χ4n) is 3.85. The number of para-hydroxylation sites is 1. The van der Waals surface area contributed by atoms with Gasteiger partial charge in [-0.15, -0.1) is 0 Å². The van der Waals surface area contributed by atoms with Crippen LogP contribution in [0.4, 0.5) is 0 Å². The lowest BCUT2D eigenvalue weighted by molar-refractivity contribution is 0.0522. The molecule has 0 aliphatic rings. The average Bonchev–Trinajstić information content (AvgIpc) is 3.13. The van der Waals surface area contributed by atoms with Crippen LogP contribution in [0.15, 0.2) is 52.4 Å². The molecule has 1 N–H and O–H groups in total. The van der Waals surface area contributed by atoms with E-state index in [9.17, 15) is 14.4 Å². The van der Waals surface area contributed by atoms with Crippen LogP contribution in [-0.4, -0.2) is 38.6 Å². The van der Waals surface area contributed by atoms with Crippen LogP contribution in [0.1, 0.15) is 39.0 Å². The summed E-state index contributed by atoms with van der Waals surface area (Å²) in [4.78, 5) is 46.9. The topological polar surface area (TPSA) is 94.1 Å². The Labute approximate surface area is 215 Å². The highest BCUT2D eigenvalue weighted by atomic mass is 35.5. The van der Waals surface area contributed by atoms with E-state index >= 15 is 0 Å². The first-order valence-corrected chi connectivity index (χ1v) is 12.5. The van der Waals surface area contributed by atoms with Gasteiger partial charge in [0.05, 0.1) is 50.1 Å². The van der Waals surface area contributed by atoms with Crippen LogP contribution in [0, 0.1) is 13.8 Å². The van der Waals surface area contributed by atoms with Crippen molar-refractivity contribution < 1.29 is 14.3 Å². The molecule has 2 aromatic carbocycles. The van der Waals surface area contributed by atoms with Gasteiger partial charge in [0.2, 0.25) is 0 Å². The van der Waals surface area contributed by atoms with E-state index < -0.39 is 5.97 Å². The van der Waals surface area contributed by atoms with Gasteiger partial charge in [-0.1, -0.05) is 47.1 Å². The highest BCUT2D eigenvalue weighted by Crippen LogP contribution is 2.28. The minimum Gasteiger partial charge on any atom is -0.462 e. The van der Waals surface area contributed by atoms with Crippen molar-refractivity contribution in [2.75, 3.05) is 12.4 Å². The molecule has 180 valence electrons. The summed E-state index contributed by atoms with van der Waals surface area (Å²) in [6.45, 7) is 5.35. The van der Waals surface area contributed by atoms with Gasteiger partial charge in [-0.05, 0) is 51.1 Å². The first-order chi connectivity index (χ1) is 16.7. The molecule has 4 rings (SSSR count). The second-order valence-electron chi connectivity index (χ2n) is 7.71. The number of rotatable bonds is 7. The first kappa shape index (κ1) is 25.0. The number of nitrogens with one attached hydrogen (secondary N) is 1. The smallest absolute Gasteiger partial charge is 0.340 e. The number of aromatic amines is 1. The monoisotopic (exact) mass is 529 g/mol. The summed E-state index contributed by atoms with van der Waals surface area (Å²) in [7, 11) is 0. The number of carbonyl (C=O) groups is 2. The Hall–Kier alpha value is -3.07. The quantitative estimate of drug-likeness (QED) is 0.141. The van der Waals surface area contributed by atoms with Crippen molar-refractivity contribution in [3.63, 3.8) is 0 Å². The predicted octanol–water partition coefficient (Wildman–Crippen LogP) is 5.79. The summed E-state index contributed by atoms with van der Waals surface area (Å²) in [6, 6.07) is 11.8. The minimum absolute atomic E-state index is 0.0589. The van der Waals surface area contributed by atoms with E-state index in [0.29, 0.717) is 38.2 Å². The van der Waals surface area contributed by atoms with Crippen molar-refractivity contribution >= 4 is 57.6 Å². The molecule has 0 atom stereocenters. The molecule has 7 nitrogen and oxygen atoms in total. The molecule has 0 amide bonds. The third-order valence-corrected chi connectivity index (χ3v) is 7.05. The number of esters is 1. The Morgan fingerprint density at radius 3 is 2.49 bits per heavy atom. The number of nitrogens with zero attached hydrogens (tertiary/aromatic N) is 2. The normalized spacial score (nSPS) is 11.1. The molecule has 0 fully saturated rings. The molecule has 0 spiro atoms. The van der Waals surface area contributed by atoms with E-state index in [0.717, 1.165) is 11.8 Å². The number of fused-ring (bicyclic) bond motifs is 1. The van der Waals surface area contributed by atoms with Crippen LogP contribution < -0.4 is 5.56 Å². The van der Waals surface area contributed by atoms with E-state index in [2.05, 4.69) is 9.97 Å². The molecule has 10 heteroatoms. The molecule has 0 aliphatic carbocycles. The Morgan fingerprint density at radius 2 is 1.77 bits per heavy atom. The Bertz CT molecular complexity index is 1530. The van der Waals surface area contributed by atoms with Crippen molar-refractivity contribution in [2.45, 2.75) is 25.9 Å². The van der Waals surface area contributed by atoms with Gasteiger partial charge in [0.15, 0.2) is 10.9 Å². The molecular formula is C25H21Cl2N3O4S. The van der Waals surface area contributed by atoms with Crippen LogP contribution in [0.3, 0.4) is 0 Å². The Morgan fingerprint density at radius 1 is 1.06 bits per heavy atom. The molecule has 0 unspecified atom stereocenters. The fourth-order valence-corrected chi connectivity index (χ4v) is 5.03. The van der Waals surface area contributed by atoms with Crippen LogP contribution in [0.2, 0.25) is 10.0 Å². The second kappa shape index (κ2) is 10.3. The summed E-state index contributed by atoms with van der Waals surface area (Å²) in [5.41, 5.74) is 2.31. The van der Waals surface area contributed by atoms with Gasteiger partial charge >= 0.3 is 5.97 Å². The number of carbonyl (C=O) groups excluding carboxylic acids is 2. The molecule has 2 heterocycles. The zero-order valence-corrected chi connectivity index (χ0v) is 21.5. The molecule has 0 aliphatic heterocycles. The Kier molecular flexibility index (Phi) is 7.35. The highest BCUT2D eigenvalue weighted by Gasteiger charge is 2.26. The lowest BCUT2D eigenvalue weighted by Gasteiger charge is -2.14. The third-order valence-electron chi connectivity index (χ3n) is 5.37. The lowest BCUT2D eigenvalue weighted by Crippen LogP contribution is -2.22. The molecule has 35 heavy (non-hydrogen) atoms. The number of halogens is 2. The Balaban J connectivity index is 1.76. The number of hydrogen-bond donors (Lipinski definition) is 1. The number of thioether (sulfide) groups is 1. The van der Waals surface area contributed by atoms with E-state index in [1.54, 1.807) is 63.2 Å². The van der Waals surface area contributed by atoms with Crippen molar-refractivity contribution in [2.24, 2.45) is 0 Å². The summed E-state index contributed by atoms with van der Waals surface area (Å²) < 4.78 is 6.55. The van der Waals surface area contributed by atoms with E-state index in [1.807, 2.05) is 0 Å². The van der Waals surface area contributed by atoms with Gasteiger partial charge in [0.25, 0.3) is 5.56 Å². The maximum atomic E-state index is 13.4. The zero-order chi connectivity index (χ0) is 25.3. The summed E-state index contributed by atoms with van der Waals surface area (Å²) >= 11 is 13.4. The van der Waals surface area contributed by atoms with Crippen LogP contribution in [-0.2, 0) is 4.74 Å². The number of H-pyrrole nitrogens is 1. The van der Waals surface area contributed by atoms with Crippen LogP contribution in [0.25, 0.3) is 16.6 Å². The van der Waals surface area contributed by atoms with E-state index in [4.69, 9.17) is 27.9 Å². The zero-order valence-electron chi connectivity index (χ0n) is 19.1. The van der Waals surface area contributed by atoms with E-state index in [-0.39, 0.29) is 39.9 Å². The van der Waals surface area contributed by atoms with Crippen molar-refractivity contribution in [1.29, 1.82) is 0 Å². The maximum Gasteiger partial charge on any atom is 0.340 e. The van der Waals surface area contributed by atoms with Gasteiger partial charge in [-0.3, -0.25) is 14.2 Å². The predicted molar refractivity (Wildman–Crippen MR) is 139 cm³/mol. The van der Waals surface area contributed by atoms with Gasteiger partial charge in [0, 0.05) is 11.4 Å².